The van der Waals surface area contributed by atoms with Crippen molar-refractivity contribution in [1.82, 2.24) is 5.32 Å². The molecule has 0 radical (unpaired) electrons. The van der Waals surface area contributed by atoms with E-state index in [1.807, 2.05) is 31.2 Å². The smallest absolute Gasteiger partial charge is 0.252 e. The van der Waals surface area contributed by atoms with Gasteiger partial charge in [-0.15, -0.1) is 0 Å². The number of aliphatic carboxylic acids is 1. The summed E-state index contributed by atoms with van der Waals surface area (Å²) >= 11 is 3.31. The predicted molar refractivity (Wildman–Crippen MR) is 85.2 cm³/mol. The summed E-state index contributed by atoms with van der Waals surface area (Å²) in [6.45, 7) is 1.94. The lowest BCUT2D eigenvalue weighted by Crippen LogP contribution is -2.34. The van der Waals surface area contributed by atoms with Gasteiger partial charge < -0.3 is 15.2 Å². The van der Waals surface area contributed by atoms with Gasteiger partial charge in [-0.1, -0.05) is 42.0 Å². The molecule has 0 spiro atoms. The number of nitrogens with one attached hydrogen (secondary N) is 1. The summed E-state index contributed by atoms with van der Waals surface area (Å²) in [5.41, 5.74) is 2.25. The predicted octanol–water partition coefficient (Wildman–Crippen LogP) is 2.37. The van der Waals surface area contributed by atoms with Crippen molar-refractivity contribution in [1.29, 1.82) is 0 Å². The van der Waals surface area contributed by atoms with Gasteiger partial charge in [-0.05, 0) is 40.5 Å². The normalized spacial score (nSPS) is 11.7. The zero-order valence-corrected chi connectivity index (χ0v) is 13.6. The number of carboxylic acids is 1. The van der Waals surface area contributed by atoms with Crippen molar-refractivity contribution in [2.24, 2.45) is 0 Å². The van der Waals surface area contributed by atoms with Crippen LogP contribution in [0, 0.1) is 6.92 Å². The van der Waals surface area contributed by atoms with Gasteiger partial charge in [0.05, 0.1) is 11.6 Å². The van der Waals surface area contributed by atoms with Crippen LogP contribution in [0.2, 0.25) is 0 Å². The summed E-state index contributed by atoms with van der Waals surface area (Å²) in [4.78, 5) is 23.3. The first kappa shape index (κ1) is 16.2. The molecule has 1 atom stereocenters. The highest BCUT2D eigenvalue weighted by Crippen LogP contribution is 2.20. The summed E-state index contributed by atoms with van der Waals surface area (Å²) < 4.78 is 0.656. The molecule has 0 aliphatic rings. The van der Waals surface area contributed by atoms with Crippen molar-refractivity contribution in [3.05, 3.63) is 69.7 Å². The van der Waals surface area contributed by atoms with Crippen molar-refractivity contribution in [3.63, 3.8) is 0 Å². The highest BCUT2D eigenvalue weighted by atomic mass is 79.9. The van der Waals surface area contributed by atoms with Crippen molar-refractivity contribution in [2.45, 2.75) is 19.4 Å². The van der Waals surface area contributed by atoms with E-state index in [0.29, 0.717) is 10.0 Å². The van der Waals surface area contributed by atoms with E-state index in [0.717, 1.165) is 11.1 Å². The van der Waals surface area contributed by atoms with Gasteiger partial charge in [0.1, 0.15) is 0 Å². The standard InChI is InChI=1S/C17H16BrNO3/c1-11-6-8-12(9-7-11)15(10-16(20)21)19-17(22)13-4-2-3-5-14(13)18/h2-9,15H,10H2,1H3,(H,19,22)(H,20,21)/p-1/t15-/m0/s1. The Morgan fingerprint density at radius 3 is 2.36 bits per heavy atom. The summed E-state index contributed by atoms with van der Waals surface area (Å²) in [6, 6.07) is 13.7. The molecular weight excluding hydrogens is 346 g/mol. The third-order valence-electron chi connectivity index (χ3n) is 3.27. The lowest BCUT2D eigenvalue weighted by atomic mass is 10.0. The first-order valence-electron chi connectivity index (χ1n) is 6.79. The summed E-state index contributed by atoms with van der Waals surface area (Å²) in [7, 11) is 0. The van der Waals surface area contributed by atoms with Crippen LogP contribution in [0.4, 0.5) is 0 Å². The first-order valence-corrected chi connectivity index (χ1v) is 7.58. The zero-order valence-electron chi connectivity index (χ0n) is 12.0. The Labute approximate surface area is 137 Å². The Balaban J connectivity index is 2.23. The molecule has 0 unspecified atom stereocenters. The number of carbonyl (C=O) groups excluding carboxylic acids is 2. The van der Waals surface area contributed by atoms with E-state index in [9.17, 15) is 14.7 Å². The van der Waals surface area contributed by atoms with Crippen LogP contribution in [0.1, 0.15) is 33.9 Å². The Bertz CT molecular complexity index is 683. The molecule has 1 N–H and O–H groups in total. The van der Waals surface area contributed by atoms with Crippen molar-refractivity contribution in [2.75, 3.05) is 0 Å². The monoisotopic (exact) mass is 360 g/mol. The SMILES string of the molecule is Cc1ccc([C@H](CC(=O)[O-])NC(=O)c2ccccc2Br)cc1. The number of halogens is 1. The minimum Gasteiger partial charge on any atom is -0.550 e. The first-order chi connectivity index (χ1) is 10.5. The van der Waals surface area contributed by atoms with E-state index in [2.05, 4.69) is 21.2 Å². The molecule has 0 bridgehead atoms. The quantitative estimate of drug-likeness (QED) is 0.889. The van der Waals surface area contributed by atoms with E-state index in [4.69, 9.17) is 0 Å². The zero-order chi connectivity index (χ0) is 16.1. The maximum atomic E-state index is 12.3. The second-order valence-corrected chi connectivity index (χ2v) is 5.85. The number of hydrogen-bond acceptors (Lipinski definition) is 3. The van der Waals surface area contributed by atoms with Crippen LogP contribution in [0.3, 0.4) is 0 Å². The van der Waals surface area contributed by atoms with Crippen LogP contribution in [0.25, 0.3) is 0 Å². The van der Waals surface area contributed by atoms with Crippen LogP contribution < -0.4 is 10.4 Å². The number of carbonyl (C=O) groups is 2. The Hall–Kier alpha value is -2.14. The maximum absolute atomic E-state index is 12.3. The fourth-order valence-corrected chi connectivity index (χ4v) is 2.56. The van der Waals surface area contributed by atoms with Gasteiger partial charge in [0.2, 0.25) is 0 Å². The maximum Gasteiger partial charge on any atom is 0.252 e. The topological polar surface area (TPSA) is 69.2 Å². The van der Waals surface area contributed by atoms with Gasteiger partial charge in [0.25, 0.3) is 5.91 Å². The Morgan fingerprint density at radius 2 is 1.77 bits per heavy atom. The highest BCUT2D eigenvalue weighted by molar-refractivity contribution is 9.10. The van der Waals surface area contributed by atoms with Crippen LogP contribution in [0.15, 0.2) is 53.0 Å². The average molecular weight is 361 g/mol. The lowest BCUT2D eigenvalue weighted by Gasteiger charge is -2.20. The minimum atomic E-state index is -1.21. The number of rotatable bonds is 5. The summed E-state index contributed by atoms with van der Waals surface area (Å²) in [5, 5.41) is 13.7. The Kier molecular flexibility index (Phi) is 5.33. The van der Waals surface area contributed by atoms with Gasteiger partial charge in [-0.3, -0.25) is 4.79 Å². The third kappa shape index (κ3) is 4.18. The van der Waals surface area contributed by atoms with Gasteiger partial charge in [0, 0.05) is 16.9 Å². The number of benzene rings is 2. The lowest BCUT2D eigenvalue weighted by molar-refractivity contribution is -0.306. The molecule has 2 aromatic carbocycles. The molecule has 2 rings (SSSR count). The molecule has 0 aromatic heterocycles. The molecule has 114 valence electrons. The van der Waals surface area contributed by atoms with E-state index >= 15 is 0 Å². The van der Waals surface area contributed by atoms with E-state index < -0.39 is 12.0 Å². The van der Waals surface area contributed by atoms with Crippen LogP contribution >= 0.6 is 15.9 Å². The number of aryl methyl sites for hydroxylation is 1. The number of carboxylic acid groups (broad SMARTS) is 1. The van der Waals surface area contributed by atoms with Crippen molar-refractivity contribution in [3.8, 4) is 0 Å². The molecule has 1 amide bonds. The van der Waals surface area contributed by atoms with Crippen LogP contribution in [-0.2, 0) is 4.79 Å². The Morgan fingerprint density at radius 1 is 1.14 bits per heavy atom. The average Bonchev–Trinajstić information content (AvgIpc) is 2.47. The largest absolute Gasteiger partial charge is 0.550 e. The molecule has 5 heteroatoms. The molecule has 0 aliphatic heterocycles. The summed E-state index contributed by atoms with van der Waals surface area (Å²) in [6.07, 6.45) is -0.279. The molecule has 0 aliphatic carbocycles. The fourth-order valence-electron chi connectivity index (χ4n) is 2.10. The molecule has 0 heterocycles. The fraction of sp³-hybridized carbons (Fsp3) is 0.176. The molecule has 4 nitrogen and oxygen atoms in total. The van der Waals surface area contributed by atoms with Crippen molar-refractivity contribution < 1.29 is 14.7 Å². The van der Waals surface area contributed by atoms with Crippen molar-refractivity contribution >= 4 is 27.8 Å². The molecule has 2 aromatic rings. The molecule has 0 saturated heterocycles. The second kappa shape index (κ2) is 7.22. The number of amides is 1. The van der Waals surface area contributed by atoms with E-state index in [-0.39, 0.29) is 12.3 Å². The van der Waals surface area contributed by atoms with E-state index in [1.54, 1.807) is 24.3 Å². The van der Waals surface area contributed by atoms with Crippen LogP contribution in [-0.4, -0.2) is 11.9 Å². The molecule has 0 fully saturated rings. The second-order valence-electron chi connectivity index (χ2n) is 4.99. The van der Waals surface area contributed by atoms with Gasteiger partial charge in [-0.25, -0.2) is 0 Å². The molecular formula is C17H15BrNO3-. The van der Waals surface area contributed by atoms with E-state index in [1.165, 1.54) is 0 Å². The minimum absolute atomic E-state index is 0.279. The summed E-state index contributed by atoms with van der Waals surface area (Å²) in [5.74, 6) is -1.54. The van der Waals surface area contributed by atoms with Gasteiger partial charge >= 0.3 is 0 Å². The highest BCUT2D eigenvalue weighted by Gasteiger charge is 2.17. The van der Waals surface area contributed by atoms with Crippen LogP contribution in [0.5, 0.6) is 0 Å². The third-order valence-corrected chi connectivity index (χ3v) is 3.97. The van der Waals surface area contributed by atoms with Gasteiger partial charge in [-0.2, -0.15) is 0 Å². The number of hydrogen-bond donors (Lipinski definition) is 1. The van der Waals surface area contributed by atoms with Gasteiger partial charge in [0.15, 0.2) is 0 Å². The molecule has 22 heavy (non-hydrogen) atoms. The molecule has 0 saturated carbocycles.